The zero-order chi connectivity index (χ0) is 26.2. The number of hydrogen-bond acceptors (Lipinski definition) is 2. The van der Waals surface area contributed by atoms with Gasteiger partial charge in [-0.1, -0.05) is 172 Å². The number of unbranched alkanes of at least 4 members (excludes halogenated alkanes) is 21. The summed E-state index contributed by atoms with van der Waals surface area (Å²) >= 11 is 0. The fourth-order valence-corrected chi connectivity index (χ4v) is 5.28. The standard InChI is InChI=1S/C35H56O2/c1-2-3-4-5-6-7-8-9-10-11-12-13-14-15-16-17-18-19-20-21-22-25-30-37-35(36)34-29-28-32-26-23-24-27-33(32)31-34/h23-24,26-29,31H,2-22,25,30H2,1H3. The van der Waals surface area contributed by atoms with Crippen LogP contribution in [0.2, 0.25) is 0 Å². The third-order valence-corrected chi connectivity index (χ3v) is 7.72. The number of carbonyl (C=O) groups excluding carboxylic acids is 1. The van der Waals surface area contributed by atoms with Gasteiger partial charge >= 0.3 is 5.97 Å². The van der Waals surface area contributed by atoms with Gasteiger partial charge in [0, 0.05) is 0 Å². The number of rotatable bonds is 24. The van der Waals surface area contributed by atoms with Crippen molar-refractivity contribution in [2.24, 2.45) is 0 Å². The minimum atomic E-state index is -0.200. The van der Waals surface area contributed by atoms with E-state index >= 15 is 0 Å². The first-order valence-corrected chi connectivity index (χ1v) is 16.0. The summed E-state index contributed by atoms with van der Waals surface area (Å²) in [5, 5.41) is 2.24. The Morgan fingerprint density at radius 2 is 0.919 bits per heavy atom. The summed E-state index contributed by atoms with van der Waals surface area (Å²) in [6.45, 7) is 2.83. The molecule has 0 aromatic heterocycles. The van der Waals surface area contributed by atoms with Gasteiger partial charge in [-0.3, -0.25) is 0 Å². The fourth-order valence-electron chi connectivity index (χ4n) is 5.28. The monoisotopic (exact) mass is 508 g/mol. The van der Waals surface area contributed by atoms with Crippen molar-refractivity contribution < 1.29 is 9.53 Å². The predicted molar refractivity (Wildman–Crippen MR) is 161 cm³/mol. The van der Waals surface area contributed by atoms with Crippen LogP contribution < -0.4 is 0 Å². The molecule has 37 heavy (non-hydrogen) atoms. The van der Waals surface area contributed by atoms with Crippen LogP contribution in [0.25, 0.3) is 10.8 Å². The molecule has 2 aromatic rings. The highest BCUT2D eigenvalue weighted by Crippen LogP contribution is 2.17. The molecule has 0 N–H and O–H groups in total. The first-order chi connectivity index (χ1) is 18.3. The highest BCUT2D eigenvalue weighted by Gasteiger charge is 2.07. The molecule has 0 saturated heterocycles. The third kappa shape index (κ3) is 15.9. The first-order valence-electron chi connectivity index (χ1n) is 16.0. The van der Waals surface area contributed by atoms with Gasteiger partial charge in [-0.25, -0.2) is 4.79 Å². The van der Waals surface area contributed by atoms with Gasteiger partial charge in [-0.05, 0) is 29.3 Å². The maximum absolute atomic E-state index is 12.3. The second-order valence-corrected chi connectivity index (χ2v) is 11.1. The maximum atomic E-state index is 12.3. The maximum Gasteiger partial charge on any atom is 0.338 e. The molecule has 0 atom stereocenters. The summed E-state index contributed by atoms with van der Waals surface area (Å²) in [4.78, 5) is 12.3. The lowest BCUT2D eigenvalue weighted by molar-refractivity contribution is 0.0498. The quantitative estimate of drug-likeness (QED) is 0.104. The lowest BCUT2D eigenvalue weighted by Gasteiger charge is -2.06. The van der Waals surface area contributed by atoms with Crippen molar-refractivity contribution in [1.82, 2.24) is 0 Å². The van der Waals surface area contributed by atoms with Crippen LogP contribution in [0.15, 0.2) is 42.5 Å². The van der Waals surface area contributed by atoms with E-state index < -0.39 is 0 Å². The minimum Gasteiger partial charge on any atom is -0.462 e. The average Bonchev–Trinajstić information content (AvgIpc) is 2.93. The lowest BCUT2D eigenvalue weighted by Crippen LogP contribution is -2.06. The Bertz CT molecular complexity index is 812. The zero-order valence-electron chi connectivity index (χ0n) is 24.1. The van der Waals surface area contributed by atoms with Crippen LogP contribution in [0.5, 0.6) is 0 Å². The molecule has 0 saturated carbocycles. The van der Waals surface area contributed by atoms with E-state index in [9.17, 15) is 4.79 Å². The molecule has 0 heterocycles. The third-order valence-electron chi connectivity index (χ3n) is 7.72. The number of fused-ring (bicyclic) bond motifs is 1. The van der Waals surface area contributed by atoms with Crippen molar-refractivity contribution in [3.05, 3.63) is 48.0 Å². The largest absolute Gasteiger partial charge is 0.462 e. The van der Waals surface area contributed by atoms with Crippen LogP contribution in [-0.2, 0) is 4.74 Å². The molecule has 0 unspecified atom stereocenters. The number of hydrogen-bond donors (Lipinski definition) is 0. The SMILES string of the molecule is CCCCCCCCCCCCCCCCCCCCCCCCOC(=O)c1ccc2ccccc2c1. The van der Waals surface area contributed by atoms with E-state index in [-0.39, 0.29) is 5.97 Å². The molecule has 0 fully saturated rings. The number of carbonyl (C=O) groups is 1. The second-order valence-electron chi connectivity index (χ2n) is 11.1. The molecule has 2 aromatic carbocycles. The molecule has 0 aliphatic carbocycles. The molecule has 0 aliphatic heterocycles. The molecule has 208 valence electrons. The van der Waals surface area contributed by atoms with E-state index in [2.05, 4.69) is 13.0 Å². The van der Waals surface area contributed by atoms with Gasteiger partial charge in [0.15, 0.2) is 0 Å². The average molecular weight is 509 g/mol. The molecule has 0 spiro atoms. The summed E-state index contributed by atoms with van der Waals surface area (Å²) in [7, 11) is 0. The van der Waals surface area contributed by atoms with Gasteiger partial charge in [-0.15, -0.1) is 0 Å². The van der Waals surface area contributed by atoms with Crippen molar-refractivity contribution in [3.63, 3.8) is 0 Å². The Balaban J connectivity index is 1.27. The molecular weight excluding hydrogens is 452 g/mol. The van der Waals surface area contributed by atoms with E-state index in [1.165, 1.54) is 128 Å². The van der Waals surface area contributed by atoms with E-state index in [1.54, 1.807) is 0 Å². The molecule has 0 radical (unpaired) electrons. The van der Waals surface area contributed by atoms with Gasteiger partial charge in [0.1, 0.15) is 0 Å². The summed E-state index contributed by atoms with van der Waals surface area (Å²) in [5.74, 6) is -0.200. The highest BCUT2D eigenvalue weighted by molar-refractivity contribution is 5.95. The molecule has 0 bridgehead atoms. The Hall–Kier alpha value is -1.83. The fraction of sp³-hybridized carbons (Fsp3) is 0.686. The first kappa shape index (κ1) is 31.4. The number of benzene rings is 2. The number of esters is 1. The second kappa shape index (κ2) is 22.2. The van der Waals surface area contributed by atoms with Crippen molar-refractivity contribution >= 4 is 16.7 Å². The lowest BCUT2D eigenvalue weighted by atomic mass is 10.0. The van der Waals surface area contributed by atoms with Gasteiger partial charge in [0.2, 0.25) is 0 Å². The molecule has 2 heteroatoms. The Morgan fingerprint density at radius 3 is 1.38 bits per heavy atom. The van der Waals surface area contributed by atoms with Crippen LogP contribution in [0.3, 0.4) is 0 Å². The van der Waals surface area contributed by atoms with Gasteiger partial charge < -0.3 is 4.74 Å². The predicted octanol–water partition coefficient (Wildman–Crippen LogP) is 11.6. The van der Waals surface area contributed by atoms with Crippen LogP contribution in [0.1, 0.15) is 159 Å². The van der Waals surface area contributed by atoms with Crippen molar-refractivity contribution in [2.75, 3.05) is 6.61 Å². The Labute approximate surface area is 229 Å². The number of ether oxygens (including phenoxy) is 1. The topological polar surface area (TPSA) is 26.3 Å². The zero-order valence-corrected chi connectivity index (χ0v) is 24.1. The van der Waals surface area contributed by atoms with Crippen LogP contribution >= 0.6 is 0 Å². The van der Waals surface area contributed by atoms with Crippen molar-refractivity contribution in [1.29, 1.82) is 0 Å². The summed E-state index contributed by atoms with van der Waals surface area (Å²) in [5.41, 5.74) is 0.650. The van der Waals surface area contributed by atoms with Gasteiger partial charge in [0.25, 0.3) is 0 Å². The Kier molecular flexibility index (Phi) is 18.8. The molecule has 0 aliphatic rings. The molecule has 0 amide bonds. The van der Waals surface area contributed by atoms with Crippen molar-refractivity contribution in [2.45, 2.75) is 148 Å². The van der Waals surface area contributed by atoms with Gasteiger partial charge in [0.05, 0.1) is 12.2 Å². The van der Waals surface area contributed by atoms with E-state index in [1.807, 2.05) is 36.4 Å². The highest BCUT2D eigenvalue weighted by atomic mass is 16.5. The normalized spacial score (nSPS) is 11.3. The van der Waals surface area contributed by atoms with Crippen LogP contribution in [0, 0.1) is 0 Å². The van der Waals surface area contributed by atoms with Crippen LogP contribution in [-0.4, -0.2) is 12.6 Å². The smallest absolute Gasteiger partial charge is 0.338 e. The van der Waals surface area contributed by atoms with E-state index in [0.29, 0.717) is 12.2 Å². The van der Waals surface area contributed by atoms with Crippen LogP contribution in [0.4, 0.5) is 0 Å². The van der Waals surface area contributed by atoms with Crippen molar-refractivity contribution in [3.8, 4) is 0 Å². The summed E-state index contributed by atoms with van der Waals surface area (Å²) in [6, 6.07) is 13.9. The summed E-state index contributed by atoms with van der Waals surface area (Å²) in [6.07, 6.45) is 30.5. The van der Waals surface area contributed by atoms with Gasteiger partial charge in [-0.2, -0.15) is 0 Å². The molecular formula is C35H56O2. The van der Waals surface area contributed by atoms with E-state index in [4.69, 9.17) is 4.74 Å². The summed E-state index contributed by atoms with van der Waals surface area (Å²) < 4.78 is 5.48. The van der Waals surface area contributed by atoms with E-state index in [0.717, 1.165) is 23.6 Å². The Morgan fingerprint density at radius 1 is 0.514 bits per heavy atom. The molecule has 2 nitrogen and oxygen atoms in total. The molecule has 2 rings (SSSR count). The minimum absolute atomic E-state index is 0.200.